The lowest BCUT2D eigenvalue weighted by molar-refractivity contribution is 0.282. The lowest BCUT2D eigenvalue weighted by Crippen LogP contribution is -1.88. The highest BCUT2D eigenvalue weighted by Gasteiger charge is 2.05. The van der Waals surface area contributed by atoms with Gasteiger partial charge < -0.3 is 5.11 Å². The molecule has 0 fully saturated rings. The minimum Gasteiger partial charge on any atom is -0.392 e. The highest BCUT2D eigenvalue weighted by molar-refractivity contribution is 6.36. The number of aliphatic hydroxyl groups is 1. The van der Waals surface area contributed by atoms with Crippen molar-refractivity contribution in [1.82, 2.24) is 4.98 Å². The van der Waals surface area contributed by atoms with Gasteiger partial charge in [-0.1, -0.05) is 23.2 Å². The first-order valence-corrected chi connectivity index (χ1v) is 5.47. The van der Waals surface area contributed by atoms with Gasteiger partial charge in [-0.05, 0) is 35.9 Å². The summed E-state index contributed by atoms with van der Waals surface area (Å²) in [6, 6.07) is 8.80. The van der Waals surface area contributed by atoms with Crippen LogP contribution in [0.1, 0.15) is 5.56 Å². The summed E-state index contributed by atoms with van der Waals surface area (Å²) >= 11 is 11.9. The number of aromatic nitrogens is 1. The lowest BCUT2D eigenvalue weighted by Gasteiger charge is -2.05. The van der Waals surface area contributed by atoms with Crippen LogP contribution in [0.3, 0.4) is 0 Å². The van der Waals surface area contributed by atoms with E-state index in [-0.39, 0.29) is 6.61 Å². The standard InChI is InChI=1S/C12H9Cl2NO/c13-9-1-2-10(11(14)6-9)12-5-8(7-16)3-4-15-12/h1-6,16H,7H2. The monoisotopic (exact) mass is 253 g/mol. The van der Waals surface area contributed by atoms with Crippen LogP contribution < -0.4 is 0 Å². The van der Waals surface area contributed by atoms with Crippen LogP contribution >= 0.6 is 23.2 Å². The molecule has 16 heavy (non-hydrogen) atoms. The minimum atomic E-state index is -0.0132. The van der Waals surface area contributed by atoms with E-state index in [2.05, 4.69) is 4.98 Å². The van der Waals surface area contributed by atoms with Gasteiger partial charge in [0.1, 0.15) is 0 Å². The summed E-state index contributed by atoms with van der Waals surface area (Å²) < 4.78 is 0. The molecule has 0 aliphatic heterocycles. The van der Waals surface area contributed by atoms with E-state index in [4.69, 9.17) is 28.3 Å². The number of aliphatic hydroxyl groups excluding tert-OH is 1. The molecule has 1 aromatic carbocycles. The van der Waals surface area contributed by atoms with Gasteiger partial charge in [-0.3, -0.25) is 4.98 Å². The van der Waals surface area contributed by atoms with Crippen molar-refractivity contribution in [2.75, 3.05) is 0 Å². The molecule has 1 heterocycles. The molecule has 1 N–H and O–H groups in total. The highest BCUT2D eigenvalue weighted by Crippen LogP contribution is 2.29. The molecule has 2 rings (SSSR count). The van der Waals surface area contributed by atoms with Gasteiger partial charge in [0, 0.05) is 16.8 Å². The predicted octanol–water partition coefficient (Wildman–Crippen LogP) is 3.55. The van der Waals surface area contributed by atoms with Crippen molar-refractivity contribution in [1.29, 1.82) is 0 Å². The SMILES string of the molecule is OCc1ccnc(-c2ccc(Cl)cc2Cl)c1. The highest BCUT2D eigenvalue weighted by atomic mass is 35.5. The Balaban J connectivity index is 2.49. The van der Waals surface area contributed by atoms with Gasteiger partial charge in [-0.2, -0.15) is 0 Å². The molecule has 0 amide bonds. The Hall–Kier alpha value is -1.09. The number of nitrogens with zero attached hydrogens (tertiary/aromatic N) is 1. The second kappa shape index (κ2) is 4.83. The van der Waals surface area contributed by atoms with E-state index in [9.17, 15) is 0 Å². The zero-order chi connectivity index (χ0) is 11.5. The van der Waals surface area contributed by atoms with Crippen molar-refractivity contribution in [2.45, 2.75) is 6.61 Å². The molecule has 0 bridgehead atoms. The summed E-state index contributed by atoms with van der Waals surface area (Å²) in [6.07, 6.45) is 1.64. The molecule has 4 heteroatoms. The molecular weight excluding hydrogens is 245 g/mol. The Bertz CT molecular complexity index is 514. The van der Waals surface area contributed by atoms with E-state index < -0.39 is 0 Å². The average Bonchev–Trinajstić information content (AvgIpc) is 2.29. The zero-order valence-corrected chi connectivity index (χ0v) is 9.83. The summed E-state index contributed by atoms with van der Waals surface area (Å²) in [5, 5.41) is 10.2. The van der Waals surface area contributed by atoms with E-state index in [1.165, 1.54) is 0 Å². The number of pyridine rings is 1. The van der Waals surface area contributed by atoms with Crippen molar-refractivity contribution in [3.8, 4) is 11.3 Å². The van der Waals surface area contributed by atoms with Crippen molar-refractivity contribution in [3.05, 3.63) is 52.1 Å². The summed E-state index contributed by atoms with van der Waals surface area (Å²) in [5.41, 5.74) is 2.34. The first kappa shape index (κ1) is 11.4. The number of hydrogen-bond acceptors (Lipinski definition) is 2. The van der Waals surface area contributed by atoms with E-state index in [1.807, 2.05) is 6.07 Å². The van der Waals surface area contributed by atoms with Crippen LogP contribution in [-0.4, -0.2) is 10.1 Å². The molecule has 0 saturated heterocycles. The maximum Gasteiger partial charge on any atom is 0.0720 e. The fourth-order valence-corrected chi connectivity index (χ4v) is 1.92. The predicted molar refractivity (Wildman–Crippen MR) is 65.6 cm³/mol. The topological polar surface area (TPSA) is 33.1 Å². The van der Waals surface area contributed by atoms with Gasteiger partial charge in [-0.25, -0.2) is 0 Å². The maximum absolute atomic E-state index is 9.04. The van der Waals surface area contributed by atoms with E-state index in [1.54, 1.807) is 30.5 Å². The van der Waals surface area contributed by atoms with Crippen molar-refractivity contribution in [2.24, 2.45) is 0 Å². The van der Waals surface area contributed by atoms with Gasteiger partial charge in [-0.15, -0.1) is 0 Å². The second-order valence-corrected chi connectivity index (χ2v) is 4.18. The lowest BCUT2D eigenvalue weighted by atomic mass is 10.1. The van der Waals surface area contributed by atoms with E-state index in [0.717, 1.165) is 16.8 Å². The molecule has 0 unspecified atom stereocenters. The van der Waals surface area contributed by atoms with Gasteiger partial charge in [0.2, 0.25) is 0 Å². The Kier molecular flexibility index (Phi) is 3.44. The van der Waals surface area contributed by atoms with Gasteiger partial charge in [0.05, 0.1) is 17.3 Å². The number of benzene rings is 1. The molecule has 0 aliphatic carbocycles. The second-order valence-electron chi connectivity index (χ2n) is 3.33. The molecule has 0 atom stereocenters. The van der Waals surface area contributed by atoms with Crippen molar-refractivity contribution >= 4 is 23.2 Å². The zero-order valence-electron chi connectivity index (χ0n) is 8.32. The van der Waals surface area contributed by atoms with Crippen LogP contribution in [0, 0.1) is 0 Å². The quantitative estimate of drug-likeness (QED) is 0.888. The molecule has 82 valence electrons. The summed E-state index contributed by atoms with van der Waals surface area (Å²) in [5.74, 6) is 0. The van der Waals surface area contributed by atoms with Crippen LogP contribution in [0.4, 0.5) is 0 Å². The molecular formula is C12H9Cl2NO. The van der Waals surface area contributed by atoms with Crippen LogP contribution in [0.25, 0.3) is 11.3 Å². The van der Waals surface area contributed by atoms with E-state index >= 15 is 0 Å². The maximum atomic E-state index is 9.04. The molecule has 0 radical (unpaired) electrons. The van der Waals surface area contributed by atoms with Crippen LogP contribution in [0.2, 0.25) is 10.0 Å². The smallest absolute Gasteiger partial charge is 0.0720 e. The van der Waals surface area contributed by atoms with Gasteiger partial charge in [0.25, 0.3) is 0 Å². The first-order valence-electron chi connectivity index (χ1n) is 4.72. The Labute approximate surface area is 103 Å². The van der Waals surface area contributed by atoms with Gasteiger partial charge in [0.15, 0.2) is 0 Å². The largest absolute Gasteiger partial charge is 0.392 e. The van der Waals surface area contributed by atoms with Crippen LogP contribution in [0.15, 0.2) is 36.5 Å². The Morgan fingerprint density at radius 2 is 1.94 bits per heavy atom. The molecule has 0 saturated carbocycles. The summed E-state index contributed by atoms with van der Waals surface area (Å²) in [4.78, 5) is 4.21. The summed E-state index contributed by atoms with van der Waals surface area (Å²) in [6.45, 7) is -0.0132. The third kappa shape index (κ3) is 2.35. The summed E-state index contributed by atoms with van der Waals surface area (Å²) in [7, 11) is 0. The normalized spacial score (nSPS) is 10.4. The molecule has 0 spiro atoms. The fourth-order valence-electron chi connectivity index (χ4n) is 1.42. The van der Waals surface area contributed by atoms with Crippen molar-refractivity contribution in [3.63, 3.8) is 0 Å². The first-order chi connectivity index (χ1) is 7.70. The number of hydrogen-bond donors (Lipinski definition) is 1. The Morgan fingerprint density at radius 1 is 1.12 bits per heavy atom. The number of rotatable bonds is 2. The van der Waals surface area contributed by atoms with Crippen LogP contribution in [0.5, 0.6) is 0 Å². The minimum absolute atomic E-state index is 0.0132. The van der Waals surface area contributed by atoms with Crippen molar-refractivity contribution < 1.29 is 5.11 Å². The molecule has 1 aromatic heterocycles. The third-order valence-corrected chi connectivity index (χ3v) is 2.76. The van der Waals surface area contributed by atoms with E-state index in [0.29, 0.717) is 10.0 Å². The number of halogens is 2. The van der Waals surface area contributed by atoms with Crippen LogP contribution in [-0.2, 0) is 6.61 Å². The average molecular weight is 254 g/mol. The molecule has 0 aliphatic rings. The third-order valence-electron chi connectivity index (χ3n) is 2.21. The van der Waals surface area contributed by atoms with Gasteiger partial charge >= 0.3 is 0 Å². The molecule has 2 nitrogen and oxygen atoms in total. The molecule has 2 aromatic rings. The Morgan fingerprint density at radius 3 is 2.62 bits per heavy atom. The fraction of sp³-hybridized carbons (Fsp3) is 0.0833.